The highest BCUT2D eigenvalue weighted by atomic mass is 16.4. The van der Waals surface area contributed by atoms with Crippen molar-refractivity contribution < 1.29 is 19.5 Å². The Morgan fingerprint density at radius 3 is 1.78 bits per heavy atom. The molecule has 0 radical (unpaired) electrons. The van der Waals surface area contributed by atoms with Gasteiger partial charge in [0.15, 0.2) is 0 Å². The van der Waals surface area contributed by atoms with Crippen molar-refractivity contribution in [3.05, 3.63) is 0 Å². The third-order valence-electron chi connectivity index (χ3n) is 5.15. The summed E-state index contributed by atoms with van der Waals surface area (Å²) in [5.41, 5.74) is -0.0447. The largest absolute Gasteiger partial charge is 0.475 e. The minimum absolute atomic E-state index is 0.0447. The van der Waals surface area contributed by atoms with Crippen LogP contribution in [0, 0.1) is 23.2 Å². The summed E-state index contributed by atoms with van der Waals surface area (Å²) in [5, 5.41) is 8.59. The molecule has 0 aromatic heterocycles. The monoisotopic (exact) mass is 250 g/mol. The summed E-state index contributed by atoms with van der Waals surface area (Å²) < 4.78 is 0. The van der Waals surface area contributed by atoms with Crippen LogP contribution in [0.25, 0.3) is 0 Å². The summed E-state index contributed by atoms with van der Waals surface area (Å²) in [6.45, 7) is 0. The summed E-state index contributed by atoms with van der Waals surface area (Å²) in [4.78, 5) is 33.5. The summed E-state index contributed by atoms with van der Waals surface area (Å²) in [6, 6.07) is 0. The molecule has 0 saturated heterocycles. The van der Waals surface area contributed by atoms with Crippen molar-refractivity contribution in [2.75, 3.05) is 0 Å². The van der Waals surface area contributed by atoms with Gasteiger partial charge in [0.2, 0.25) is 5.78 Å². The number of carboxylic acid groups (broad SMARTS) is 1. The number of Topliss-reactive ketones (excluding diaryl/α,β-unsaturated/α-hetero) is 2. The van der Waals surface area contributed by atoms with Crippen molar-refractivity contribution >= 4 is 17.5 Å². The van der Waals surface area contributed by atoms with Gasteiger partial charge in [0.25, 0.3) is 0 Å². The first-order valence-electron chi connectivity index (χ1n) is 6.78. The molecule has 4 aliphatic carbocycles. The van der Waals surface area contributed by atoms with Gasteiger partial charge in [-0.2, -0.15) is 0 Å². The van der Waals surface area contributed by atoms with E-state index >= 15 is 0 Å². The fourth-order valence-corrected chi connectivity index (χ4v) is 5.05. The van der Waals surface area contributed by atoms with Gasteiger partial charge in [0, 0.05) is 6.42 Å². The Hall–Kier alpha value is -1.19. The number of carbonyl (C=O) groups excluding carboxylic acids is 2. The maximum absolute atomic E-state index is 11.7. The number of hydrogen-bond acceptors (Lipinski definition) is 3. The highest BCUT2D eigenvalue weighted by molar-refractivity contribution is 6.61. The summed E-state index contributed by atoms with van der Waals surface area (Å²) in [6.07, 6.45) is 7.08. The Balaban J connectivity index is 1.74. The third kappa shape index (κ3) is 1.88. The van der Waals surface area contributed by atoms with Crippen LogP contribution in [0.2, 0.25) is 0 Å². The second-order valence-electron chi connectivity index (χ2n) is 6.65. The highest BCUT2D eigenvalue weighted by Gasteiger charge is 2.52. The molecular weight excluding hydrogens is 232 g/mol. The molecule has 0 amide bonds. The van der Waals surface area contributed by atoms with Crippen LogP contribution < -0.4 is 0 Å². The summed E-state index contributed by atoms with van der Waals surface area (Å²) in [5.74, 6) is -1.39. The maximum atomic E-state index is 11.7. The molecule has 4 heteroatoms. The zero-order chi connectivity index (χ0) is 12.9. The van der Waals surface area contributed by atoms with Crippen LogP contribution in [0.3, 0.4) is 0 Å². The van der Waals surface area contributed by atoms with Gasteiger partial charge in [0.1, 0.15) is 0 Å². The molecule has 0 aromatic rings. The zero-order valence-electron chi connectivity index (χ0n) is 10.4. The Kier molecular flexibility index (Phi) is 2.57. The minimum atomic E-state index is -1.61. The van der Waals surface area contributed by atoms with E-state index in [2.05, 4.69) is 0 Å². The van der Waals surface area contributed by atoms with Crippen molar-refractivity contribution in [3.63, 3.8) is 0 Å². The number of hydrogen-bond donors (Lipinski definition) is 1. The van der Waals surface area contributed by atoms with E-state index < -0.39 is 17.5 Å². The second kappa shape index (κ2) is 3.90. The SMILES string of the molecule is O=C(O)C(=O)C(=O)CC12CC3CC(CC(C3)C1)C2. The predicted molar refractivity (Wildman–Crippen MR) is 62.9 cm³/mol. The van der Waals surface area contributed by atoms with E-state index in [-0.39, 0.29) is 11.8 Å². The molecule has 0 atom stereocenters. The lowest BCUT2D eigenvalue weighted by molar-refractivity contribution is -0.154. The van der Waals surface area contributed by atoms with Gasteiger partial charge in [-0.05, 0) is 61.7 Å². The number of ketones is 2. The molecule has 1 N–H and O–H groups in total. The molecule has 0 aromatic carbocycles. The third-order valence-corrected chi connectivity index (χ3v) is 5.15. The molecule has 18 heavy (non-hydrogen) atoms. The van der Waals surface area contributed by atoms with Crippen LogP contribution in [0.4, 0.5) is 0 Å². The van der Waals surface area contributed by atoms with E-state index in [1.165, 1.54) is 19.3 Å². The molecular formula is C14H18O4. The standard InChI is InChI=1S/C14H18O4/c15-11(12(16)13(17)18)7-14-4-8-1-9(5-14)3-10(2-8)6-14/h8-10H,1-7H2,(H,17,18). The molecule has 4 fully saturated rings. The number of rotatable bonds is 4. The average molecular weight is 250 g/mol. The van der Waals surface area contributed by atoms with Crippen molar-refractivity contribution in [1.82, 2.24) is 0 Å². The van der Waals surface area contributed by atoms with Gasteiger partial charge >= 0.3 is 11.8 Å². The number of carbonyl (C=O) groups is 3. The van der Waals surface area contributed by atoms with Gasteiger partial charge < -0.3 is 5.11 Å². The predicted octanol–water partition coefficient (Wildman–Crippen LogP) is 1.82. The van der Waals surface area contributed by atoms with E-state index in [4.69, 9.17) is 5.11 Å². The van der Waals surface area contributed by atoms with Crippen LogP contribution in [0.1, 0.15) is 44.9 Å². The minimum Gasteiger partial charge on any atom is -0.475 e. The zero-order valence-corrected chi connectivity index (χ0v) is 10.4. The second-order valence-corrected chi connectivity index (χ2v) is 6.65. The summed E-state index contributed by atoms with van der Waals surface area (Å²) >= 11 is 0. The lowest BCUT2D eigenvalue weighted by Crippen LogP contribution is -2.47. The van der Waals surface area contributed by atoms with Gasteiger partial charge in [-0.3, -0.25) is 9.59 Å². The normalized spacial score (nSPS) is 40.8. The quantitative estimate of drug-likeness (QED) is 0.610. The molecule has 0 aliphatic heterocycles. The smallest absolute Gasteiger partial charge is 0.380 e. The van der Waals surface area contributed by atoms with E-state index in [0.29, 0.717) is 17.8 Å². The number of aliphatic carboxylic acids is 1. The first-order chi connectivity index (χ1) is 8.47. The van der Waals surface area contributed by atoms with Crippen LogP contribution in [0.15, 0.2) is 0 Å². The molecule has 98 valence electrons. The lowest BCUT2D eigenvalue weighted by atomic mass is 9.48. The summed E-state index contributed by atoms with van der Waals surface area (Å²) in [7, 11) is 0. The van der Waals surface area contributed by atoms with Gasteiger partial charge in [-0.1, -0.05) is 0 Å². The molecule has 0 heterocycles. The molecule has 0 spiro atoms. The molecule has 4 nitrogen and oxygen atoms in total. The first kappa shape index (κ1) is 11.9. The van der Waals surface area contributed by atoms with Crippen molar-refractivity contribution in [3.8, 4) is 0 Å². The van der Waals surface area contributed by atoms with Crippen LogP contribution in [-0.4, -0.2) is 22.6 Å². The van der Waals surface area contributed by atoms with Gasteiger partial charge in [-0.25, -0.2) is 4.79 Å². The highest BCUT2D eigenvalue weighted by Crippen LogP contribution is 2.61. The van der Waals surface area contributed by atoms with Crippen LogP contribution in [0.5, 0.6) is 0 Å². The van der Waals surface area contributed by atoms with Gasteiger partial charge in [0.05, 0.1) is 0 Å². The molecule has 4 saturated carbocycles. The van der Waals surface area contributed by atoms with E-state index in [1.54, 1.807) is 0 Å². The van der Waals surface area contributed by atoms with Crippen molar-refractivity contribution in [2.24, 2.45) is 23.2 Å². The Labute approximate surface area is 106 Å². The van der Waals surface area contributed by atoms with Crippen molar-refractivity contribution in [1.29, 1.82) is 0 Å². The molecule has 0 unspecified atom stereocenters. The van der Waals surface area contributed by atoms with E-state index in [0.717, 1.165) is 19.3 Å². The van der Waals surface area contributed by atoms with E-state index in [1.807, 2.05) is 0 Å². The Bertz CT molecular complexity index is 388. The molecule has 4 aliphatic rings. The lowest BCUT2D eigenvalue weighted by Gasteiger charge is -2.56. The fraction of sp³-hybridized carbons (Fsp3) is 0.786. The molecule has 4 rings (SSSR count). The topological polar surface area (TPSA) is 71.4 Å². The molecule has 4 bridgehead atoms. The van der Waals surface area contributed by atoms with Crippen molar-refractivity contribution in [2.45, 2.75) is 44.9 Å². The Morgan fingerprint density at radius 1 is 0.944 bits per heavy atom. The van der Waals surface area contributed by atoms with E-state index in [9.17, 15) is 14.4 Å². The van der Waals surface area contributed by atoms with Crippen LogP contribution >= 0.6 is 0 Å². The average Bonchev–Trinajstić information content (AvgIpc) is 2.24. The Morgan fingerprint density at radius 2 is 1.39 bits per heavy atom. The first-order valence-corrected chi connectivity index (χ1v) is 6.78. The fourth-order valence-electron chi connectivity index (χ4n) is 5.05. The van der Waals surface area contributed by atoms with Crippen LogP contribution in [-0.2, 0) is 14.4 Å². The van der Waals surface area contributed by atoms with Gasteiger partial charge in [-0.15, -0.1) is 0 Å². The maximum Gasteiger partial charge on any atom is 0.380 e. The number of carboxylic acids is 1.